The number of carbonyl (C=O) groups is 2. The van der Waals surface area contributed by atoms with Gasteiger partial charge in [0.25, 0.3) is 0 Å². The molecule has 1 aliphatic carbocycles. The Kier molecular flexibility index (Phi) is 4.32. The van der Waals surface area contributed by atoms with Gasteiger partial charge in [0.2, 0.25) is 0 Å². The standard InChI is InChI=1S/C14H24N2O3/c1-3-15(4-2)14(19)16-11-8-6-5-7-10(11)9-12(16)13(17)18/h10-12H,3-9H2,1-2H3,(H,17,18). The molecule has 2 amide bonds. The van der Waals surface area contributed by atoms with Gasteiger partial charge >= 0.3 is 12.0 Å². The zero-order valence-corrected chi connectivity index (χ0v) is 11.8. The first-order valence-corrected chi connectivity index (χ1v) is 7.40. The molecule has 5 nitrogen and oxygen atoms in total. The Morgan fingerprint density at radius 1 is 1.21 bits per heavy atom. The largest absolute Gasteiger partial charge is 0.480 e. The number of carbonyl (C=O) groups excluding carboxylic acids is 1. The van der Waals surface area contributed by atoms with Crippen molar-refractivity contribution in [2.75, 3.05) is 13.1 Å². The van der Waals surface area contributed by atoms with Gasteiger partial charge < -0.3 is 14.9 Å². The van der Waals surface area contributed by atoms with E-state index < -0.39 is 12.0 Å². The summed E-state index contributed by atoms with van der Waals surface area (Å²) in [5, 5.41) is 9.39. The molecule has 2 fully saturated rings. The molecule has 3 atom stereocenters. The summed E-state index contributed by atoms with van der Waals surface area (Å²) in [5.74, 6) is -0.468. The van der Waals surface area contributed by atoms with E-state index in [9.17, 15) is 14.7 Å². The Labute approximate surface area is 114 Å². The molecular formula is C14H24N2O3. The number of hydrogen-bond acceptors (Lipinski definition) is 2. The smallest absolute Gasteiger partial charge is 0.326 e. The number of nitrogens with zero attached hydrogens (tertiary/aromatic N) is 2. The summed E-state index contributed by atoms with van der Waals surface area (Å²) < 4.78 is 0. The fourth-order valence-electron chi connectivity index (χ4n) is 3.61. The first-order chi connectivity index (χ1) is 9.10. The number of fused-ring (bicyclic) bond motifs is 1. The van der Waals surface area contributed by atoms with Gasteiger partial charge in [-0.25, -0.2) is 9.59 Å². The highest BCUT2D eigenvalue weighted by Crippen LogP contribution is 2.40. The number of amides is 2. The maximum atomic E-state index is 12.6. The van der Waals surface area contributed by atoms with Gasteiger partial charge in [-0.1, -0.05) is 12.8 Å². The minimum atomic E-state index is -0.852. The van der Waals surface area contributed by atoms with Gasteiger partial charge in [-0.2, -0.15) is 0 Å². The van der Waals surface area contributed by atoms with E-state index in [0.717, 1.165) is 19.3 Å². The second-order valence-corrected chi connectivity index (χ2v) is 5.56. The van der Waals surface area contributed by atoms with E-state index in [2.05, 4.69) is 0 Å². The quantitative estimate of drug-likeness (QED) is 0.853. The third-order valence-corrected chi connectivity index (χ3v) is 4.63. The van der Waals surface area contributed by atoms with Crippen molar-refractivity contribution in [1.29, 1.82) is 0 Å². The summed E-state index contributed by atoms with van der Waals surface area (Å²) in [6, 6.07) is -0.573. The molecule has 0 aromatic carbocycles. The maximum absolute atomic E-state index is 12.6. The average Bonchev–Trinajstić information content (AvgIpc) is 2.79. The highest BCUT2D eigenvalue weighted by Gasteiger charge is 2.48. The third-order valence-electron chi connectivity index (χ3n) is 4.63. The monoisotopic (exact) mass is 268 g/mol. The number of hydrogen-bond donors (Lipinski definition) is 1. The van der Waals surface area contributed by atoms with Gasteiger partial charge in [0.1, 0.15) is 6.04 Å². The molecule has 5 heteroatoms. The first-order valence-electron chi connectivity index (χ1n) is 7.40. The molecule has 0 aromatic rings. The van der Waals surface area contributed by atoms with Crippen LogP contribution in [0.25, 0.3) is 0 Å². The van der Waals surface area contributed by atoms with Crippen LogP contribution in [0.3, 0.4) is 0 Å². The second-order valence-electron chi connectivity index (χ2n) is 5.56. The zero-order chi connectivity index (χ0) is 14.0. The van der Waals surface area contributed by atoms with Crippen LogP contribution in [0.1, 0.15) is 46.0 Å². The van der Waals surface area contributed by atoms with Gasteiger partial charge in [-0.3, -0.25) is 0 Å². The van der Waals surface area contributed by atoms with Gasteiger partial charge in [0, 0.05) is 19.1 Å². The molecule has 1 saturated carbocycles. The number of urea groups is 1. The van der Waals surface area contributed by atoms with Crippen LogP contribution in [0.15, 0.2) is 0 Å². The second kappa shape index (κ2) is 5.80. The molecule has 108 valence electrons. The van der Waals surface area contributed by atoms with Crippen molar-refractivity contribution >= 4 is 12.0 Å². The van der Waals surface area contributed by atoms with Crippen LogP contribution in [0.2, 0.25) is 0 Å². The van der Waals surface area contributed by atoms with Crippen LogP contribution in [-0.2, 0) is 4.79 Å². The van der Waals surface area contributed by atoms with Crippen LogP contribution in [0.5, 0.6) is 0 Å². The molecule has 0 bridgehead atoms. The minimum absolute atomic E-state index is 0.0909. The van der Waals surface area contributed by atoms with E-state index in [1.165, 1.54) is 6.42 Å². The Morgan fingerprint density at radius 2 is 1.84 bits per heavy atom. The molecule has 19 heavy (non-hydrogen) atoms. The first kappa shape index (κ1) is 14.2. The molecule has 1 N–H and O–H groups in total. The van der Waals surface area contributed by atoms with Crippen molar-refractivity contribution in [3.63, 3.8) is 0 Å². The SMILES string of the molecule is CCN(CC)C(=O)N1C(C(=O)O)CC2CCCCC21. The topological polar surface area (TPSA) is 60.9 Å². The van der Waals surface area contributed by atoms with Crippen molar-refractivity contribution in [3.05, 3.63) is 0 Å². The Morgan fingerprint density at radius 3 is 2.42 bits per heavy atom. The van der Waals surface area contributed by atoms with Gasteiger partial charge in [0.15, 0.2) is 0 Å². The minimum Gasteiger partial charge on any atom is -0.480 e. The highest BCUT2D eigenvalue weighted by atomic mass is 16.4. The lowest BCUT2D eigenvalue weighted by molar-refractivity contribution is -0.141. The van der Waals surface area contributed by atoms with Crippen LogP contribution >= 0.6 is 0 Å². The maximum Gasteiger partial charge on any atom is 0.326 e. The normalized spacial score (nSPS) is 30.0. The zero-order valence-electron chi connectivity index (χ0n) is 11.8. The number of aliphatic carboxylic acids is 1. The summed E-state index contributed by atoms with van der Waals surface area (Å²) in [5.41, 5.74) is 0. The lowest BCUT2D eigenvalue weighted by Crippen LogP contribution is -2.52. The molecule has 2 aliphatic rings. The molecular weight excluding hydrogens is 244 g/mol. The third kappa shape index (κ3) is 2.55. The molecule has 0 radical (unpaired) electrons. The predicted octanol–water partition coefficient (Wildman–Crippen LogP) is 2.17. The van der Waals surface area contributed by atoms with E-state index in [0.29, 0.717) is 25.4 Å². The lowest BCUT2D eigenvalue weighted by Gasteiger charge is -2.36. The number of carboxylic acid groups (broad SMARTS) is 1. The van der Waals surface area contributed by atoms with Crippen LogP contribution in [0.4, 0.5) is 4.79 Å². The molecule has 1 saturated heterocycles. The predicted molar refractivity (Wildman–Crippen MR) is 71.9 cm³/mol. The molecule has 2 rings (SSSR count). The molecule has 1 aliphatic heterocycles. The van der Waals surface area contributed by atoms with Gasteiger partial charge in [-0.15, -0.1) is 0 Å². The number of likely N-dealkylation sites (tertiary alicyclic amines) is 1. The van der Waals surface area contributed by atoms with Crippen LogP contribution < -0.4 is 0 Å². The molecule has 1 heterocycles. The molecule has 3 unspecified atom stereocenters. The summed E-state index contributed by atoms with van der Waals surface area (Å²) in [7, 11) is 0. The van der Waals surface area contributed by atoms with E-state index >= 15 is 0 Å². The van der Waals surface area contributed by atoms with Crippen molar-refractivity contribution in [3.8, 4) is 0 Å². The molecule has 0 aromatic heterocycles. The summed E-state index contributed by atoms with van der Waals surface area (Å²) in [6.45, 7) is 5.14. The van der Waals surface area contributed by atoms with Crippen molar-refractivity contribution < 1.29 is 14.7 Å². The number of carboxylic acids is 1. The Hall–Kier alpha value is -1.26. The molecule has 0 spiro atoms. The van der Waals surface area contributed by atoms with Crippen molar-refractivity contribution in [1.82, 2.24) is 9.80 Å². The summed E-state index contributed by atoms with van der Waals surface area (Å²) in [6.07, 6.45) is 4.93. The number of rotatable bonds is 3. The van der Waals surface area contributed by atoms with E-state index in [-0.39, 0.29) is 12.1 Å². The summed E-state index contributed by atoms with van der Waals surface area (Å²) in [4.78, 5) is 27.4. The average molecular weight is 268 g/mol. The highest BCUT2D eigenvalue weighted by molar-refractivity contribution is 5.83. The van der Waals surface area contributed by atoms with Crippen LogP contribution in [0, 0.1) is 5.92 Å². The van der Waals surface area contributed by atoms with Crippen LogP contribution in [-0.4, -0.2) is 52.1 Å². The van der Waals surface area contributed by atoms with E-state index in [1.807, 2.05) is 13.8 Å². The Bertz CT molecular complexity index is 355. The van der Waals surface area contributed by atoms with E-state index in [4.69, 9.17) is 0 Å². The summed E-state index contributed by atoms with van der Waals surface area (Å²) >= 11 is 0. The van der Waals surface area contributed by atoms with Crippen molar-refractivity contribution in [2.24, 2.45) is 5.92 Å². The Balaban J connectivity index is 2.22. The van der Waals surface area contributed by atoms with Gasteiger partial charge in [0.05, 0.1) is 0 Å². The van der Waals surface area contributed by atoms with E-state index in [1.54, 1.807) is 9.80 Å². The fourth-order valence-corrected chi connectivity index (χ4v) is 3.61. The van der Waals surface area contributed by atoms with Crippen molar-refractivity contribution in [2.45, 2.75) is 58.0 Å². The fraction of sp³-hybridized carbons (Fsp3) is 0.857. The lowest BCUT2D eigenvalue weighted by atomic mass is 9.85. The van der Waals surface area contributed by atoms with Gasteiger partial charge in [-0.05, 0) is 39.0 Å².